The number of rotatable bonds is 2. The first kappa shape index (κ1) is 15.7. The van der Waals surface area contributed by atoms with Crippen molar-refractivity contribution in [2.24, 2.45) is 0 Å². The summed E-state index contributed by atoms with van der Waals surface area (Å²) in [5.41, 5.74) is 10.1. The SMILES string of the molecule is Nc1cc(C(=O)N2CCc3[nH]nc(-c4ccc5c(c4)OCO5)c3C2)ccn1. The van der Waals surface area contributed by atoms with Crippen LogP contribution in [0.15, 0.2) is 36.5 Å². The summed E-state index contributed by atoms with van der Waals surface area (Å²) in [6.45, 7) is 1.34. The fraction of sp³-hybridized carbons (Fsp3) is 0.211. The molecule has 27 heavy (non-hydrogen) atoms. The van der Waals surface area contributed by atoms with E-state index in [1.807, 2.05) is 23.1 Å². The summed E-state index contributed by atoms with van der Waals surface area (Å²) < 4.78 is 10.8. The van der Waals surface area contributed by atoms with E-state index in [2.05, 4.69) is 15.2 Å². The van der Waals surface area contributed by atoms with E-state index in [9.17, 15) is 4.79 Å². The van der Waals surface area contributed by atoms with Gasteiger partial charge in [0.15, 0.2) is 11.5 Å². The average Bonchev–Trinajstić information content (AvgIpc) is 3.32. The second kappa shape index (κ2) is 6.01. The minimum atomic E-state index is -0.0624. The number of hydrogen-bond acceptors (Lipinski definition) is 6. The van der Waals surface area contributed by atoms with E-state index < -0.39 is 0 Å². The molecule has 0 fully saturated rings. The maximum absolute atomic E-state index is 12.9. The molecule has 3 aromatic rings. The fourth-order valence-electron chi connectivity index (χ4n) is 3.51. The second-order valence-electron chi connectivity index (χ2n) is 6.54. The molecule has 2 aliphatic heterocycles. The van der Waals surface area contributed by atoms with Crippen LogP contribution in [0, 0.1) is 0 Å². The van der Waals surface area contributed by atoms with Crippen LogP contribution in [0.2, 0.25) is 0 Å². The predicted octanol–water partition coefficient (Wildman–Crippen LogP) is 1.98. The van der Waals surface area contributed by atoms with Gasteiger partial charge in [-0.15, -0.1) is 0 Å². The van der Waals surface area contributed by atoms with Gasteiger partial charge in [-0.3, -0.25) is 9.89 Å². The molecule has 0 atom stereocenters. The number of aromatic nitrogens is 3. The van der Waals surface area contributed by atoms with Gasteiger partial charge in [-0.2, -0.15) is 5.10 Å². The number of fused-ring (bicyclic) bond motifs is 2. The molecule has 8 nitrogen and oxygen atoms in total. The molecular weight excluding hydrogens is 346 g/mol. The van der Waals surface area contributed by atoms with Crippen LogP contribution in [0.1, 0.15) is 21.6 Å². The lowest BCUT2D eigenvalue weighted by Gasteiger charge is -2.27. The van der Waals surface area contributed by atoms with Gasteiger partial charge in [0.25, 0.3) is 5.91 Å². The highest BCUT2D eigenvalue weighted by molar-refractivity contribution is 5.95. The average molecular weight is 363 g/mol. The number of nitrogens with one attached hydrogen (secondary N) is 1. The van der Waals surface area contributed by atoms with Crippen molar-refractivity contribution in [2.45, 2.75) is 13.0 Å². The number of carbonyl (C=O) groups excluding carboxylic acids is 1. The van der Waals surface area contributed by atoms with E-state index in [4.69, 9.17) is 15.2 Å². The number of nitrogen functional groups attached to an aromatic ring is 1. The van der Waals surface area contributed by atoms with Crippen molar-refractivity contribution in [1.82, 2.24) is 20.1 Å². The third-order valence-electron chi connectivity index (χ3n) is 4.89. The van der Waals surface area contributed by atoms with E-state index in [0.29, 0.717) is 30.2 Å². The highest BCUT2D eigenvalue weighted by atomic mass is 16.7. The van der Waals surface area contributed by atoms with Gasteiger partial charge in [-0.1, -0.05) is 0 Å². The Morgan fingerprint density at radius 1 is 1.19 bits per heavy atom. The first-order valence-corrected chi connectivity index (χ1v) is 8.66. The monoisotopic (exact) mass is 363 g/mol. The maximum atomic E-state index is 12.9. The molecule has 0 saturated heterocycles. The van der Waals surface area contributed by atoms with Crippen molar-refractivity contribution in [1.29, 1.82) is 0 Å². The molecule has 5 rings (SSSR count). The first-order chi connectivity index (χ1) is 13.2. The molecule has 0 spiro atoms. The largest absolute Gasteiger partial charge is 0.454 e. The highest BCUT2D eigenvalue weighted by Crippen LogP contribution is 2.37. The van der Waals surface area contributed by atoms with Gasteiger partial charge in [0, 0.05) is 48.1 Å². The predicted molar refractivity (Wildman–Crippen MR) is 97.2 cm³/mol. The van der Waals surface area contributed by atoms with Gasteiger partial charge in [0.05, 0.1) is 5.69 Å². The molecule has 3 N–H and O–H groups in total. The van der Waals surface area contributed by atoms with E-state index in [1.165, 1.54) is 0 Å². The van der Waals surface area contributed by atoms with Crippen molar-refractivity contribution < 1.29 is 14.3 Å². The number of amides is 1. The molecule has 8 heteroatoms. The van der Waals surface area contributed by atoms with Crippen LogP contribution in [0.5, 0.6) is 11.5 Å². The van der Waals surface area contributed by atoms with Crippen LogP contribution < -0.4 is 15.2 Å². The van der Waals surface area contributed by atoms with Gasteiger partial charge in [-0.25, -0.2) is 4.98 Å². The molecule has 0 unspecified atom stereocenters. The Hall–Kier alpha value is -3.55. The van der Waals surface area contributed by atoms with E-state index in [0.717, 1.165) is 34.7 Å². The van der Waals surface area contributed by atoms with E-state index in [1.54, 1.807) is 18.3 Å². The number of carbonyl (C=O) groups is 1. The molecule has 0 aliphatic carbocycles. The van der Waals surface area contributed by atoms with Crippen molar-refractivity contribution >= 4 is 11.7 Å². The lowest BCUT2D eigenvalue weighted by molar-refractivity contribution is 0.0734. The summed E-state index contributed by atoms with van der Waals surface area (Å²) in [4.78, 5) is 18.6. The zero-order valence-corrected chi connectivity index (χ0v) is 14.4. The topological polar surface area (TPSA) is 106 Å². The maximum Gasteiger partial charge on any atom is 0.254 e. The van der Waals surface area contributed by atoms with Crippen LogP contribution in [0.25, 0.3) is 11.3 Å². The molecule has 1 amide bonds. The third-order valence-corrected chi connectivity index (χ3v) is 4.89. The molecule has 136 valence electrons. The molecule has 0 radical (unpaired) electrons. The summed E-state index contributed by atoms with van der Waals surface area (Å²) in [5, 5.41) is 7.60. The van der Waals surface area contributed by atoms with Crippen LogP contribution in [-0.4, -0.2) is 39.3 Å². The Morgan fingerprint density at radius 2 is 2.07 bits per heavy atom. The highest BCUT2D eigenvalue weighted by Gasteiger charge is 2.27. The standard InChI is InChI=1S/C19H17N5O3/c20-17-8-12(3-5-21-17)19(25)24-6-4-14-13(9-24)18(23-22-14)11-1-2-15-16(7-11)27-10-26-15/h1-3,5,7-8H,4,6,9-10H2,(H2,20,21)(H,22,23). The number of ether oxygens (including phenoxy) is 2. The van der Waals surface area contributed by atoms with Gasteiger partial charge < -0.3 is 20.1 Å². The lowest BCUT2D eigenvalue weighted by atomic mass is 10.00. The number of hydrogen-bond donors (Lipinski definition) is 2. The van der Waals surface area contributed by atoms with Crippen LogP contribution in [0.3, 0.4) is 0 Å². The smallest absolute Gasteiger partial charge is 0.254 e. The van der Waals surface area contributed by atoms with Crippen LogP contribution >= 0.6 is 0 Å². The quantitative estimate of drug-likeness (QED) is 0.721. The number of nitrogens with two attached hydrogens (primary N) is 1. The zero-order valence-electron chi connectivity index (χ0n) is 14.4. The molecule has 4 heterocycles. The van der Waals surface area contributed by atoms with Crippen LogP contribution in [0.4, 0.5) is 5.82 Å². The van der Waals surface area contributed by atoms with Gasteiger partial charge in [0.1, 0.15) is 5.82 Å². The van der Waals surface area contributed by atoms with Gasteiger partial charge in [-0.05, 0) is 30.3 Å². The number of anilines is 1. The van der Waals surface area contributed by atoms with Crippen molar-refractivity contribution in [2.75, 3.05) is 19.1 Å². The Balaban J connectivity index is 1.46. The normalized spacial score (nSPS) is 14.9. The Bertz CT molecular complexity index is 1050. The number of aromatic amines is 1. The summed E-state index contributed by atoms with van der Waals surface area (Å²) in [6.07, 6.45) is 2.27. The van der Waals surface area contributed by atoms with Gasteiger partial charge in [0.2, 0.25) is 6.79 Å². The van der Waals surface area contributed by atoms with E-state index in [-0.39, 0.29) is 12.7 Å². The number of benzene rings is 1. The minimum Gasteiger partial charge on any atom is -0.454 e. The molecule has 0 saturated carbocycles. The Labute approximate surface area is 154 Å². The lowest BCUT2D eigenvalue weighted by Crippen LogP contribution is -2.36. The summed E-state index contributed by atoms with van der Waals surface area (Å²) in [7, 11) is 0. The zero-order chi connectivity index (χ0) is 18.4. The first-order valence-electron chi connectivity index (χ1n) is 8.66. The minimum absolute atomic E-state index is 0.0624. The number of pyridine rings is 1. The number of nitrogens with zero attached hydrogens (tertiary/aromatic N) is 3. The Morgan fingerprint density at radius 3 is 2.96 bits per heavy atom. The molecule has 0 bridgehead atoms. The second-order valence-corrected chi connectivity index (χ2v) is 6.54. The molecule has 1 aromatic carbocycles. The van der Waals surface area contributed by atoms with Crippen molar-refractivity contribution in [3.05, 3.63) is 53.3 Å². The summed E-state index contributed by atoms with van der Waals surface area (Å²) in [6, 6.07) is 9.04. The summed E-state index contributed by atoms with van der Waals surface area (Å²) in [5.74, 6) is 1.71. The molecular formula is C19H17N5O3. The van der Waals surface area contributed by atoms with E-state index >= 15 is 0 Å². The van der Waals surface area contributed by atoms with Gasteiger partial charge >= 0.3 is 0 Å². The molecule has 2 aliphatic rings. The Kier molecular flexibility index (Phi) is 3.49. The van der Waals surface area contributed by atoms with Crippen molar-refractivity contribution in [3.63, 3.8) is 0 Å². The fourth-order valence-corrected chi connectivity index (χ4v) is 3.51. The van der Waals surface area contributed by atoms with Crippen LogP contribution in [-0.2, 0) is 13.0 Å². The number of H-pyrrole nitrogens is 1. The van der Waals surface area contributed by atoms with Crippen molar-refractivity contribution in [3.8, 4) is 22.8 Å². The molecule has 2 aromatic heterocycles. The third kappa shape index (κ3) is 2.66. The summed E-state index contributed by atoms with van der Waals surface area (Å²) >= 11 is 0.